The first-order chi connectivity index (χ1) is 9.60. The van der Waals surface area contributed by atoms with Crippen LogP contribution in [-0.4, -0.2) is 11.7 Å². The van der Waals surface area contributed by atoms with Gasteiger partial charge in [0, 0.05) is 4.47 Å². The highest BCUT2D eigenvalue weighted by molar-refractivity contribution is 9.10. The van der Waals surface area contributed by atoms with Crippen molar-refractivity contribution in [2.75, 3.05) is 6.61 Å². The average molecular weight is 335 g/mol. The zero-order valence-electron chi connectivity index (χ0n) is 11.8. The monoisotopic (exact) mass is 334 g/mol. The van der Waals surface area contributed by atoms with Crippen molar-refractivity contribution in [3.8, 4) is 5.75 Å². The highest BCUT2D eigenvalue weighted by Gasteiger charge is 2.29. The topological polar surface area (TPSA) is 29.5 Å². The lowest BCUT2D eigenvalue weighted by Crippen LogP contribution is -2.26. The SMILES string of the molecule is CCOc1ccc(C(O)(CC)c2cccc(Br)c2)cc1. The lowest BCUT2D eigenvalue weighted by Gasteiger charge is -2.28. The molecule has 0 heterocycles. The van der Waals surface area contributed by atoms with Crippen LogP contribution in [0.5, 0.6) is 5.75 Å². The molecule has 0 amide bonds. The van der Waals surface area contributed by atoms with Gasteiger partial charge in [0.1, 0.15) is 11.4 Å². The summed E-state index contributed by atoms with van der Waals surface area (Å²) in [6.07, 6.45) is 0.609. The second-order valence-electron chi connectivity index (χ2n) is 4.68. The van der Waals surface area contributed by atoms with Gasteiger partial charge in [-0.05, 0) is 48.7 Å². The summed E-state index contributed by atoms with van der Waals surface area (Å²) in [5.41, 5.74) is 0.786. The van der Waals surface area contributed by atoms with Crippen molar-refractivity contribution < 1.29 is 9.84 Å². The smallest absolute Gasteiger partial charge is 0.119 e. The third-order valence-electron chi connectivity index (χ3n) is 3.46. The maximum absolute atomic E-state index is 11.0. The number of hydrogen-bond donors (Lipinski definition) is 1. The van der Waals surface area contributed by atoms with Crippen molar-refractivity contribution in [1.82, 2.24) is 0 Å². The lowest BCUT2D eigenvalue weighted by molar-refractivity contribution is 0.0764. The summed E-state index contributed by atoms with van der Waals surface area (Å²) in [6, 6.07) is 15.5. The van der Waals surface area contributed by atoms with Crippen LogP contribution in [0.25, 0.3) is 0 Å². The number of hydrogen-bond acceptors (Lipinski definition) is 2. The Morgan fingerprint density at radius 3 is 2.30 bits per heavy atom. The van der Waals surface area contributed by atoms with Crippen LogP contribution in [0.2, 0.25) is 0 Å². The standard InChI is InChI=1S/C17H19BrO2/c1-3-17(19,14-6-5-7-15(18)12-14)13-8-10-16(11-9-13)20-4-2/h5-12,19H,3-4H2,1-2H3. The Balaban J connectivity index is 2.39. The molecule has 1 unspecified atom stereocenters. The molecular formula is C17H19BrO2. The summed E-state index contributed by atoms with van der Waals surface area (Å²) >= 11 is 3.46. The molecule has 2 aromatic rings. The summed E-state index contributed by atoms with van der Waals surface area (Å²) in [5.74, 6) is 0.823. The average Bonchev–Trinajstić information content (AvgIpc) is 2.47. The molecule has 2 nitrogen and oxygen atoms in total. The summed E-state index contributed by atoms with van der Waals surface area (Å²) < 4.78 is 6.41. The molecule has 0 saturated carbocycles. The molecule has 0 bridgehead atoms. The Labute approximate surface area is 128 Å². The molecule has 0 fully saturated rings. The van der Waals surface area contributed by atoms with Gasteiger partial charge in [0.05, 0.1) is 6.61 Å². The Hall–Kier alpha value is -1.32. The minimum absolute atomic E-state index is 0.609. The fourth-order valence-electron chi connectivity index (χ4n) is 2.31. The van der Waals surface area contributed by atoms with Crippen molar-refractivity contribution in [2.24, 2.45) is 0 Å². The van der Waals surface area contributed by atoms with Gasteiger partial charge in [-0.25, -0.2) is 0 Å². The molecule has 0 aromatic heterocycles. The number of halogens is 1. The van der Waals surface area contributed by atoms with Gasteiger partial charge in [-0.2, -0.15) is 0 Å². The summed E-state index contributed by atoms with van der Waals surface area (Å²) in [7, 11) is 0. The van der Waals surface area contributed by atoms with Crippen LogP contribution in [0.3, 0.4) is 0 Å². The minimum atomic E-state index is -0.978. The maximum Gasteiger partial charge on any atom is 0.119 e. The van der Waals surface area contributed by atoms with Gasteiger partial charge in [-0.3, -0.25) is 0 Å². The molecule has 2 aromatic carbocycles. The van der Waals surface area contributed by atoms with Gasteiger partial charge in [0.25, 0.3) is 0 Å². The van der Waals surface area contributed by atoms with E-state index < -0.39 is 5.60 Å². The molecule has 0 saturated heterocycles. The Morgan fingerprint density at radius 1 is 1.05 bits per heavy atom. The van der Waals surface area contributed by atoms with Crippen LogP contribution in [0, 0.1) is 0 Å². The second kappa shape index (κ2) is 6.42. The van der Waals surface area contributed by atoms with E-state index in [1.807, 2.05) is 62.4 Å². The van der Waals surface area contributed by atoms with E-state index in [4.69, 9.17) is 4.74 Å². The summed E-state index contributed by atoms with van der Waals surface area (Å²) in [6.45, 7) is 4.58. The quantitative estimate of drug-likeness (QED) is 0.872. The second-order valence-corrected chi connectivity index (χ2v) is 5.60. The fourth-order valence-corrected chi connectivity index (χ4v) is 2.71. The van der Waals surface area contributed by atoms with Crippen molar-refractivity contribution in [1.29, 1.82) is 0 Å². The fraction of sp³-hybridized carbons (Fsp3) is 0.294. The first-order valence-corrected chi connectivity index (χ1v) is 7.61. The molecule has 0 spiro atoms. The molecule has 3 heteroatoms. The molecule has 106 valence electrons. The van der Waals surface area contributed by atoms with Gasteiger partial charge >= 0.3 is 0 Å². The van der Waals surface area contributed by atoms with Crippen LogP contribution in [0.4, 0.5) is 0 Å². The van der Waals surface area contributed by atoms with E-state index in [9.17, 15) is 5.11 Å². The van der Waals surface area contributed by atoms with Gasteiger partial charge in [0.15, 0.2) is 0 Å². The van der Waals surface area contributed by atoms with Crippen molar-refractivity contribution >= 4 is 15.9 Å². The molecular weight excluding hydrogens is 316 g/mol. The number of rotatable bonds is 5. The molecule has 0 radical (unpaired) electrons. The van der Waals surface area contributed by atoms with E-state index in [2.05, 4.69) is 15.9 Å². The first-order valence-electron chi connectivity index (χ1n) is 6.82. The highest BCUT2D eigenvalue weighted by Crippen LogP contribution is 2.34. The Kier molecular flexibility index (Phi) is 4.84. The van der Waals surface area contributed by atoms with E-state index >= 15 is 0 Å². The van der Waals surface area contributed by atoms with E-state index in [1.54, 1.807) is 0 Å². The maximum atomic E-state index is 11.0. The molecule has 2 rings (SSSR count). The molecule has 0 aliphatic heterocycles. The summed E-state index contributed by atoms with van der Waals surface area (Å²) in [4.78, 5) is 0. The lowest BCUT2D eigenvalue weighted by atomic mass is 9.84. The first kappa shape index (κ1) is 15.1. The number of benzene rings is 2. The zero-order valence-corrected chi connectivity index (χ0v) is 13.4. The summed E-state index contributed by atoms with van der Waals surface area (Å²) in [5, 5.41) is 11.0. The van der Waals surface area contributed by atoms with E-state index in [0.717, 1.165) is 21.3 Å². The molecule has 0 aliphatic rings. The third-order valence-corrected chi connectivity index (χ3v) is 3.95. The van der Waals surface area contributed by atoms with Crippen LogP contribution in [0.15, 0.2) is 53.0 Å². The Bertz CT molecular complexity index is 565. The third kappa shape index (κ3) is 3.05. The molecule has 20 heavy (non-hydrogen) atoms. The van der Waals surface area contributed by atoms with E-state index in [0.29, 0.717) is 13.0 Å². The van der Waals surface area contributed by atoms with Crippen LogP contribution in [-0.2, 0) is 5.60 Å². The molecule has 1 atom stereocenters. The molecule has 0 aliphatic carbocycles. The normalized spacial score (nSPS) is 13.8. The van der Waals surface area contributed by atoms with Crippen LogP contribution < -0.4 is 4.74 Å². The van der Waals surface area contributed by atoms with E-state index in [-0.39, 0.29) is 0 Å². The Morgan fingerprint density at radius 2 is 1.75 bits per heavy atom. The van der Waals surface area contributed by atoms with E-state index in [1.165, 1.54) is 0 Å². The van der Waals surface area contributed by atoms with Gasteiger partial charge in [-0.1, -0.05) is 47.1 Å². The van der Waals surface area contributed by atoms with Crippen LogP contribution in [0.1, 0.15) is 31.4 Å². The van der Waals surface area contributed by atoms with Crippen LogP contribution >= 0.6 is 15.9 Å². The van der Waals surface area contributed by atoms with Crippen molar-refractivity contribution in [2.45, 2.75) is 25.9 Å². The number of aliphatic hydroxyl groups is 1. The van der Waals surface area contributed by atoms with Crippen molar-refractivity contribution in [3.05, 3.63) is 64.1 Å². The zero-order chi connectivity index (χ0) is 14.6. The van der Waals surface area contributed by atoms with Crippen molar-refractivity contribution in [3.63, 3.8) is 0 Å². The largest absolute Gasteiger partial charge is 0.494 e. The predicted octanol–water partition coefficient (Wildman–Crippen LogP) is 4.49. The van der Waals surface area contributed by atoms with Gasteiger partial charge < -0.3 is 9.84 Å². The highest BCUT2D eigenvalue weighted by atomic mass is 79.9. The van der Waals surface area contributed by atoms with Gasteiger partial charge in [-0.15, -0.1) is 0 Å². The predicted molar refractivity (Wildman–Crippen MR) is 85.0 cm³/mol. The number of ether oxygens (including phenoxy) is 1. The minimum Gasteiger partial charge on any atom is -0.494 e. The molecule has 1 N–H and O–H groups in total. The van der Waals surface area contributed by atoms with Gasteiger partial charge in [0.2, 0.25) is 0 Å².